The van der Waals surface area contributed by atoms with Gasteiger partial charge in [-0.25, -0.2) is 0 Å². The van der Waals surface area contributed by atoms with Gasteiger partial charge in [0.15, 0.2) is 0 Å². The first-order valence-corrected chi connectivity index (χ1v) is 7.55. The molecule has 1 aromatic carbocycles. The van der Waals surface area contributed by atoms with Crippen molar-refractivity contribution in [1.29, 1.82) is 0 Å². The summed E-state index contributed by atoms with van der Waals surface area (Å²) in [6.45, 7) is 3.41. The van der Waals surface area contributed by atoms with Crippen LogP contribution < -0.4 is 15.4 Å². The summed E-state index contributed by atoms with van der Waals surface area (Å²) in [4.78, 5) is 0. The van der Waals surface area contributed by atoms with Crippen LogP contribution in [0.5, 0.6) is 5.75 Å². The SMILES string of the molecule is CCNCc1nnc(Nc2cc(OC)c(Br)cc2Br)o1. The highest BCUT2D eigenvalue weighted by Crippen LogP contribution is 2.35. The van der Waals surface area contributed by atoms with Gasteiger partial charge in [-0.1, -0.05) is 12.0 Å². The van der Waals surface area contributed by atoms with E-state index in [2.05, 4.69) is 52.7 Å². The molecule has 0 saturated heterocycles. The second-order valence-corrected chi connectivity index (χ2v) is 5.58. The van der Waals surface area contributed by atoms with E-state index in [1.807, 2.05) is 19.1 Å². The minimum atomic E-state index is 0.336. The fourth-order valence-corrected chi connectivity index (χ4v) is 2.76. The molecule has 0 atom stereocenters. The molecular weight excluding hydrogens is 392 g/mol. The van der Waals surface area contributed by atoms with Crippen molar-refractivity contribution in [3.05, 3.63) is 27.0 Å². The van der Waals surface area contributed by atoms with Crippen molar-refractivity contribution in [2.45, 2.75) is 13.5 Å². The summed E-state index contributed by atoms with van der Waals surface area (Å²) in [5, 5.41) is 14.1. The third-order valence-electron chi connectivity index (χ3n) is 2.48. The van der Waals surface area contributed by atoms with Crippen molar-refractivity contribution in [3.8, 4) is 5.75 Å². The first kappa shape index (κ1) is 15.3. The van der Waals surface area contributed by atoms with Gasteiger partial charge in [-0.3, -0.25) is 0 Å². The van der Waals surface area contributed by atoms with Crippen molar-refractivity contribution < 1.29 is 9.15 Å². The van der Waals surface area contributed by atoms with E-state index in [0.29, 0.717) is 24.2 Å². The molecule has 0 bridgehead atoms. The highest BCUT2D eigenvalue weighted by Gasteiger charge is 2.11. The van der Waals surface area contributed by atoms with Crippen molar-refractivity contribution >= 4 is 43.6 Å². The molecule has 0 amide bonds. The monoisotopic (exact) mass is 404 g/mol. The van der Waals surface area contributed by atoms with Gasteiger partial charge >= 0.3 is 6.01 Å². The molecule has 20 heavy (non-hydrogen) atoms. The molecule has 0 spiro atoms. The number of anilines is 2. The van der Waals surface area contributed by atoms with Gasteiger partial charge in [0, 0.05) is 10.5 Å². The van der Waals surface area contributed by atoms with E-state index in [0.717, 1.165) is 21.2 Å². The molecule has 0 saturated carbocycles. The second-order valence-electron chi connectivity index (χ2n) is 3.87. The van der Waals surface area contributed by atoms with Gasteiger partial charge in [0.05, 0.1) is 23.8 Å². The Hall–Kier alpha value is -1.12. The minimum Gasteiger partial charge on any atom is -0.495 e. The molecule has 2 N–H and O–H groups in total. The highest BCUT2D eigenvalue weighted by molar-refractivity contribution is 9.11. The maximum Gasteiger partial charge on any atom is 0.320 e. The summed E-state index contributed by atoms with van der Waals surface area (Å²) in [5.41, 5.74) is 0.781. The summed E-state index contributed by atoms with van der Waals surface area (Å²) >= 11 is 6.88. The molecule has 1 aromatic heterocycles. The number of methoxy groups -OCH3 is 1. The van der Waals surface area contributed by atoms with E-state index in [1.54, 1.807) is 7.11 Å². The Morgan fingerprint density at radius 2 is 2.05 bits per heavy atom. The fraction of sp³-hybridized carbons (Fsp3) is 0.333. The predicted octanol–water partition coefficient (Wildman–Crippen LogP) is 3.46. The lowest BCUT2D eigenvalue weighted by molar-refractivity contribution is 0.412. The van der Waals surface area contributed by atoms with E-state index in [-0.39, 0.29) is 0 Å². The quantitative estimate of drug-likeness (QED) is 0.766. The normalized spacial score (nSPS) is 10.6. The maximum absolute atomic E-state index is 5.48. The smallest absolute Gasteiger partial charge is 0.320 e. The summed E-state index contributed by atoms with van der Waals surface area (Å²) in [6.07, 6.45) is 0. The zero-order chi connectivity index (χ0) is 14.5. The molecule has 0 unspecified atom stereocenters. The van der Waals surface area contributed by atoms with Crippen LogP contribution >= 0.6 is 31.9 Å². The van der Waals surface area contributed by atoms with Gasteiger partial charge in [-0.15, -0.1) is 5.10 Å². The zero-order valence-electron chi connectivity index (χ0n) is 11.0. The molecule has 0 aliphatic heterocycles. The lowest BCUT2D eigenvalue weighted by atomic mass is 10.3. The topological polar surface area (TPSA) is 72.2 Å². The minimum absolute atomic E-state index is 0.336. The summed E-state index contributed by atoms with van der Waals surface area (Å²) in [6, 6.07) is 4.06. The maximum atomic E-state index is 5.48. The molecule has 6 nitrogen and oxygen atoms in total. The Morgan fingerprint density at radius 1 is 1.25 bits per heavy atom. The van der Waals surface area contributed by atoms with Crippen molar-refractivity contribution in [1.82, 2.24) is 15.5 Å². The van der Waals surface area contributed by atoms with E-state index < -0.39 is 0 Å². The number of ether oxygens (including phenoxy) is 1. The number of halogens is 2. The Balaban J connectivity index is 2.15. The number of aromatic nitrogens is 2. The first-order chi connectivity index (χ1) is 9.63. The molecule has 0 fully saturated rings. The summed E-state index contributed by atoms with van der Waals surface area (Å²) < 4.78 is 12.4. The van der Waals surface area contributed by atoms with Crippen molar-refractivity contribution in [2.75, 3.05) is 19.0 Å². The lowest BCUT2D eigenvalue weighted by Crippen LogP contribution is -2.11. The van der Waals surface area contributed by atoms with Gasteiger partial charge < -0.3 is 19.8 Å². The molecule has 8 heteroatoms. The van der Waals surface area contributed by atoms with Crippen LogP contribution in [0.15, 0.2) is 25.5 Å². The number of benzene rings is 1. The number of nitrogens with zero attached hydrogens (tertiary/aromatic N) is 2. The zero-order valence-corrected chi connectivity index (χ0v) is 14.2. The van der Waals surface area contributed by atoms with E-state index >= 15 is 0 Å². The molecule has 0 aliphatic rings. The largest absolute Gasteiger partial charge is 0.495 e. The fourth-order valence-electron chi connectivity index (χ4n) is 1.50. The number of hydrogen-bond donors (Lipinski definition) is 2. The Bertz CT molecular complexity index is 589. The molecule has 2 aromatic rings. The predicted molar refractivity (Wildman–Crippen MR) is 83.4 cm³/mol. The average molecular weight is 406 g/mol. The van der Waals surface area contributed by atoms with Crippen LogP contribution in [0.4, 0.5) is 11.7 Å². The lowest BCUT2D eigenvalue weighted by Gasteiger charge is -2.09. The van der Waals surface area contributed by atoms with E-state index in [1.165, 1.54) is 0 Å². The van der Waals surface area contributed by atoms with Crippen LogP contribution in [-0.2, 0) is 6.54 Å². The molecular formula is C12H14Br2N4O2. The second kappa shape index (κ2) is 7.05. The molecule has 0 radical (unpaired) electrons. The van der Waals surface area contributed by atoms with Gasteiger partial charge in [0.25, 0.3) is 0 Å². The number of nitrogens with one attached hydrogen (secondary N) is 2. The van der Waals surface area contributed by atoms with E-state index in [9.17, 15) is 0 Å². The molecule has 108 valence electrons. The van der Waals surface area contributed by atoms with Gasteiger partial charge in [0.2, 0.25) is 5.89 Å². The van der Waals surface area contributed by atoms with Crippen LogP contribution in [0.1, 0.15) is 12.8 Å². The van der Waals surface area contributed by atoms with Crippen molar-refractivity contribution in [2.24, 2.45) is 0 Å². The van der Waals surface area contributed by atoms with Gasteiger partial charge in [-0.2, -0.15) is 0 Å². The van der Waals surface area contributed by atoms with E-state index in [4.69, 9.17) is 9.15 Å². The van der Waals surface area contributed by atoms with Crippen LogP contribution in [0, 0.1) is 0 Å². The van der Waals surface area contributed by atoms with Crippen LogP contribution in [0.2, 0.25) is 0 Å². The highest BCUT2D eigenvalue weighted by atomic mass is 79.9. The Labute approximate surface area is 133 Å². The number of rotatable bonds is 6. The third kappa shape index (κ3) is 3.71. The van der Waals surface area contributed by atoms with Crippen LogP contribution in [-0.4, -0.2) is 23.9 Å². The average Bonchev–Trinajstić information content (AvgIpc) is 2.87. The van der Waals surface area contributed by atoms with Crippen LogP contribution in [0.3, 0.4) is 0 Å². The van der Waals surface area contributed by atoms with Gasteiger partial charge in [-0.05, 0) is 44.5 Å². The first-order valence-electron chi connectivity index (χ1n) is 5.97. The molecule has 1 heterocycles. The van der Waals surface area contributed by atoms with Crippen LogP contribution in [0.25, 0.3) is 0 Å². The molecule has 2 rings (SSSR count). The van der Waals surface area contributed by atoms with Gasteiger partial charge in [0.1, 0.15) is 5.75 Å². The summed E-state index contributed by atoms with van der Waals surface area (Å²) in [5.74, 6) is 1.25. The molecule has 0 aliphatic carbocycles. The Kier molecular flexibility index (Phi) is 5.38. The number of hydrogen-bond acceptors (Lipinski definition) is 6. The van der Waals surface area contributed by atoms with Crippen molar-refractivity contribution in [3.63, 3.8) is 0 Å². The summed E-state index contributed by atoms with van der Waals surface area (Å²) in [7, 11) is 1.61. The third-order valence-corrected chi connectivity index (χ3v) is 3.75. The standard InChI is InChI=1S/C12H14Br2N4O2/c1-3-15-6-11-17-18-12(20-11)16-9-5-10(19-2)8(14)4-7(9)13/h4-5,15H,3,6H2,1-2H3,(H,16,18). The Morgan fingerprint density at radius 3 is 2.75 bits per heavy atom.